The normalized spacial score (nSPS) is 13.2. The minimum absolute atomic E-state index is 0.0152. The van der Waals surface area contributed by atoms with Crippen molar-refractivity contribution in [2.75, 3.05) is 19.6 Å². The number of likely N-dealkylation sites (N-methyl/N-ethyl adjacent to an activating group) is 1. The Morgan fingerprint density at radius 2 is 1.54 bits per heavy atom. The summed E-state index contributed by atoms with van der Waals surface area (Å²) >= 11 is 0. The van der Waals surface area contributed by atoms with E-state index < -0.39 is 10.0 Å². The van der Waals surface area contributed by atoms with E-state index in [9.17, 15) is 8.42 Å². The van der Waals surface area contributed by atoms with Crippen LogP contribution < -0.4 is 4.72 Å². The van der Waals surface area contributed by atoms with Crippen molar-refractivity contribution in [1.82, 2.24) is 9.62 Å². The highest BCUT2D eigenvalue weighted by molar-refractivity contribution is 7.89. The average Bonchev–Trinajstić information content (AvgIpc) is 2.59. The molecule has 0 bridgehead atoms. The van der Waals surface area contributed by atoms with E-state index in [1.54, 1.807) is 12.1 Å². The van der Waals surface area contributed by atoms with Crippen LogP contribution in [0.5, 0.6) is 0 Å². The van der Waals surface area contributed by atoms with Crippen molar-refractivity contribution < 1.29 is 8.42 Å². The molecule has 24 heavy (non-hydrogen) atoms. The minimum atomic E-state index is -3.51. The highest BCUT2D eigenvalue weighted by atomic mass is 32.2. The Hall–Kier alpha value is -1.69. The van der Waals surface area contributed by atoms with E-state index in [1.807, 2.05) is 49.4 Å². The van der Waals surface area contributed by atoms with Gasteiger partial charge in [0.25, 0.3) is 0 Å². The third-order valence-electron chi connectivity index (χ3n) is 4.24. The molecule has 1 N–H and O–H groups in total. The van der Waals surface area contributed by atoms with Gasteiger partial charge in [-0.3, -0.25) is 4.90 Å². The zero-order valence-corrected chi connectivity index (χ0v) is 15.4. The maximum atomic E-state index is 12.5. The summed E-state index contributed by atoms with van der Waals surface area (Å²) in [6.07, 6.45) is 0. The van der Waals surface area contributed by atoms with Crippen LogP contribution in [-0.4, -0.2) is 33.0 Å². The summed E-state index contributed by atoms with van der Waals surface area (Å²) in [7, 11) is -3.51. The summed E-state index contributed by atoms with van der Waals surface area (Å²) in [5.74, 6) is 0. The van der Waals surface area contributed by atoms with Crippen LogP contribution in [0.4, 0.5) is 0 Å². The monoisotopic (exact) mass is 346 g/mol. The molecule has 2 rings (SSSR count). The molecule has 4 nitrogen and oxygen atoms in total. The fourth-order valence-corrected chi connectivity index (χ4v) is 3.83. The van der Waals surface area contributed by atoms with E-state index in [1.165, 1.54) is 0 Å². The molecule has 2 aromatic rings. The smallest absolute Gasteiger partial charge is 0.240 e. The maximum absolute atomic E-state index is 12.5. The number of sulfonamides is 1. The maximum Gasteiger partial charge on any atom is 0.240 e. The Bertz CT molecular complexity index is 724. The fourth-order valence-electron chi connectivity index (χ4n) is 2.79. The van der Waals surface area contributed by atoms with Gasteiger partial charge in [0.1, 0.15) is 0 Å². The number of nitrogens with zero attached hydrogens (tertiary/aromatic N) is 1. The predicted molar refractivity (Wildman–Crippen MR) is 98.5 cm³/mol. The fraction of sp³-hybridized carbons (Fsp3) is 0.368. The molecule has 0 fully saturated rings. The molecule has 5 heteroatoms. The van der Waals surface area contributed by atoms with E-state index in [0.29, 0.717) is 11.4 Å². The molecular weight excluding hydrogens is 320 g/mol. The summed E-state index contributed by atoms with van der Waals surface area (Å²) < 4.78 is 27.9. The Kier molecular flexibility index (Phi) is 6.54. The van der Waals surface area contributed by atoms with Crippen LogP contribution in [0.1, 0.15) is 31.0 Å². The van der Waals surface area contributed by atoms with Crippen molar-refractivity contribution in [1.29, 1.82) is 0 Å². The van der Waals surface area contributed by atoms with Gasteiger partial charge in [0.05, 0.1) is 4.90 Å². The van der Waals surface area contributed by atoms with Crippen molar-refractivity contribution in [3.8, 4) is 0 Å². The van der Waals surface area contributed by atoms with Gasteiger partial charge in [-0.05, 0) is 37.7 Å². The molecule has 0 aliphatic rings. The first-order chi connectivity index (χ1) is 11.5. The van der Waals surface area contributed by atoms with E-state index in [2.05, 4.69) is 23.5 Å². The largest absolute Gasteiger partial charge is 0.296 e. The average molecular weight is 346 g/mol. The molecule has 0 amide bonds. The number of nitrogens with one attached hydrogen (secondary N) is 1. The molecular formula is C19H26N2O2S. The van der Waals surface area contributed by atoms with Crippen LogP contribution in [-0.2, 0) is 10.0 Å². The number of rotatable bonds is 8. The van der Waals surface area contributed by atoms with E-state index in [4.69, 9.17) is 0 Å². The second-order valence-electron chi connectivity index (χ2n) is 5.81. The van der Waals surface area contributed by atoms with Crippen LogP contribution in [0.2, 0.25) is 0 Å². The quantitative estimate of drug-likeness (QED) is 0.797. The molecule has 0 aromatic heterocycles. The zero-order chi connectivity index (χ0) is 17.6. The van der Waals surface area contributed by atoms with Crippen LogP contribution in [0.3, 0.4) is 0 Å². The SMILES string of the molecule is CCN(CC)[C@H](CNS(=O)(=O)c1ccc(C)cc1)c1ccccc1. The van der Waals surface area contributed by atoms with Crippen molar-refractivity contribution in [2.45, 2.75) is 31.7 Å². The summed E-state index contributed by atoms with van der Waals surface area (Å²) in [6, 6.07) is 17.0. The summed E-state index contributed by atoms with van der Waals surface area (Å²) in [5.41, 5.74) is 2.16. The molecule has 0 saturated carbocycles. The lowest BCUT2D eigenvalue weighted by Crippen LogP contribution is -2.38. The van der Waals surface area contributed by atoms with Crippen LogP contribution >= 0.6 is 0 Å². The summed E-state index contributed by atoms with van der Waals surface area (Å²) in [4.78, 5) is 2.56. The lowest BCUT2D eigenvalue weighted by Gasteiger charge is -2.30. The molecule has 0 aliphatic carbocycles. The van der Waals surface area contributed by atoms with Crippen molar-refractivity contribution in [2.24, 2.45) is 0 Å². The molecule has 0 spiro atoms. The lowest BCUT2D eigenvalue weighted by molar-refractivity contribution is 0.220. The van der Waals surface area contributed by atoms with Gasteiger partial charge >= 0.3 is 0 Å². The Labute approximate surface area is 145 Å². The number of aryl methyl sites for hydroxylation is 1. The molecule has 130 valence electrons. The van der Waals surface area contributed by atoms with Gasteiger partial charge in [-0.15, -0.1) is 0 Å². The number of hydrogen-bond acceptors (Lipinski definition) is 3. The molecule has 0 aliphatic heterocycles. The Balaban J connectivity index is 2.19. The molecule has 2 aromatic carbocycles. The molecule has 1 atom stereocenters. The van der Waals surface area contributed by atoms with Gasteiger partial charge < -0.3 is 0 Å². The van der Waals surface area contributed by atoms with Crippen LogP contribution in [0.25, 0.3) is 0 Å². The van der Waals surface area contributed by atoms with Gasteiger partial charge in [0.15, 0.2) is 0 Å². The highest BCUT2D eigenvalue weighted by Gasteiger charge is 2.21. The van der Waals surface area contributed by atoms with E-state index in [-0.39, 0.29) is 6.04 Å². The van der Waals surface area contributed by atoms with Crippen LogP contribution in [0.15, 0.2) is 59.5 Å². The predicted octanol–water partition coefficient (Wildman–Crippen LogP) is 3.36. The van der Waals surface area contributed by atoms with Crippen molar-refractivity contribution >= 4 is 10.0 Å². The van der Waals surface area contributed by atoms with Crippen molar-refractivity contribution in [3.63, 3.8) is 0 Å². The van der Waals surface area contributed by atoms with Gasteiger partial charge in [0, 0.05) is 12.6 Å². The molecule has 0 heterocycles. The third-order valence-corrected chi connectivity index (χ3v) is 5.67. The Morgan fingerprint density at radius 3 is 2.08 bits per heavy atom. The standard InChI is InChI=1S/C19H26N2O2S/c1-4-21(5-2)19(17-9-7-6-8-10-17)15-20-24(22,23)18-13-11-16(3)12-14-18/h6-14,19-20H,4-5,15H2,1-3H3/t19-/m1/s1. The first kappa shape index (κ1) is 18.6. The second kappa shape index (κ2) is 8.42. The van der Waals surface area contributed by atoms with Gasteiger partial charge in [-0.2, -0.15) is 0 Å². The van der Waals surface area contributed by atoms with E-state index in [0.717, 1.165) is 24.2 Å². The van der Waals surface area contributed by atoms with Gasteiger partial charge in [-0.1, -0.05) is 61.9 Å². The second-order valence-corrected chi connectivity index (χ2v) is 7.58. The molecule has 0 radical (unpaired) electrons. The minimum Gasteiger partial charge on any atom is -0.296 e. The molecule has 0 saturated heterocycles. The Morgan fingerprint density at radius 1 is 0.958 bits per heavy atom. The van der Waals surface area contributed by atoms with Crippen molar-refractivity contribution in [3.05, 3.63) is 65.7 Å². The van der Waals surface area contributed by atoms with Crippen LogP contribution in [0, 0.1) is 6.92 Å². The van der Waals surface area contributed by atoms with Gasteiger partial charge in [-0.25, -0.2) is 13.1 Å². The van der Waals surface area contributed by atoms with Gasteiger partial charge in [0.2, 0.25) is 10.0 Å². The lowest BCUT2D eigenvalue weighted by atomic mass is 10.1. The molecule has 0 unspecified atom stereocenters. The highest BCUT2D eigenvalue weighted by Crippen LogP contribution is 2.20. The first-order valence-corrected chi connectivity index (χ1v) is 9.81. The first-order valence-electron chi connectivity index (χ1n) is 8.33. The topological polar surface area (TPSA) is 49.4 Å². The zero-order valence-electron chi connectivity index (χ0n) is 14.6. The third kappa shape index (κ3) is 4.66. The summed E-state index contributed by atoms with van der Waals surface area (Å²) in [5, 5.41) is 0. The number of hydrogen-bond donors (Lipinski definition) is 1. The van der Waals surface area contributed by atoms with E-state index >= 15 is 0 Å². The summed E-state index contributed by atoms with van der Waals surface area (Å²) in [6.45, 7) is 8.20. The number of benzene rings is 2.